The molecule has 2 nitrogen and oxygen atoms in total. The van der Waals surface area contributed by atoms with E-state index in [-0.39, 0.29) is 0 Å². The Labute approximate surface area is 71.4 Å². The monoisotopic (exact) mass is 158 g/mol. The van der Waals surface area contributed by atoms with Crippen molar-refractivity contribution in [3.63, 3.8) is 0 Å². The fraction of sp³-hybridized carbons (Fsp3) is 0.400. The lowest BCUT2D eigenvalue weighted by Crippen LogP contribution is -1.99. The normalized spacial score (nSPS) is 29.4. The summed E-state index contributed by atoms with van der Waals surface area (Å²) in [6, 6.07) is 0. The zero-order valence-electron chi connectivity index (χ0n) is 6.99. The fourth-order valence-corrected chi connectivity index (χ4v) is 1.92. The quantitative estimate of drug-likeness (QED) is 0.576. The molecule has 0 aromatic carbocycles. The van der Waals surface area contributed by atoms with Crippen LogP contribution in [0.4, 0.5) is 0 Å². The summed E-state index contributed by atoms with van der Waals surface area (Å²) in [5.74, 6) is 2.41. The first kappa shape index (κ1) is 6.35. The Bertz CT molecular complexity index is 368. The van der Waals surface area contributed by atoms with E-state index in [1.165, 1.54) is 12.0 Å². The van der Waals surface area contributed by atoms with E-state index in [0.717, 1.165) is 23.4 Å². The van der Waals surface area contributed by atoms with Crippen molar-refractivity contribution in [3.8, 4) is 0 Å². The Hall–Kier alpha value is -1.18. The van der Waals surface area contributed by atoms with Gasteiger partial charge in [0.1, 0.15) is 5.82 Å². The topological polar surface area (TPSA) is 25.8 Å². The first-order valence-electron chi connectivity index (χ1n) is 4.36. The first-order chi connectivity index (χ1) is 5.84. The highest BCUT2D eigenvalue weighted by molar-refractivity contribution is 5.56. The number of aromatic nitrogens is 2. The van der Waals surface area contributed by atoms with Gasteiger partial charge in [0.2, 0.25) is 0 Å². The molecular weight excluding hydrogens is 148 g/mol. The molecule has 2 aliphatic carbocycles. The molecule has 3 rings (SSSR count). The van der Waals surface area contributed by atoms with Crippen molar-refractivity contribution >= 4 is 6.08 Å². The summed E-state index contributed by atoms with van der Waals surface area (Å²) in [4.78, 5) is 8.62. The van der Waals surface area contributed by atoms with E-state index < -0.39 is 0 Å². The van der Waals surface area contributed by atoms with Crippen LogP contribution in [0.15, 0.2) is 12.3 Å². The Balaban J connectivity index is 2.21. The van der Waals surface area contributed by atoms with Gasteiger partial charge in [-0.1, -0.05) is 6.08 Å². The van der Waals surface area contributed by atoms with Crippen LogP contribution in [0, 0.1) is 12.8 Å². The molecule has 1 aromatic heterocycles. The molecule has 0 bridgehead atoms. The van der Waals surface area contributed by atoms with E-state index in [1.807, 2.05) is 13.1 Å². The lowest BCUT2D eigenvalue weighted by molar-refractivity contribution is 0.923. The van der Waals surface area contributed by atoms with Crippen molar-refractivity contribution < 1.29 is 0 Å². The Kier molecular flexibility index (Phi) is 1.03. The van der Waals surface area contributed by atoms with E-state index in [1.54, 1.807) is 0 Å². The maximum Gasteiger partial charge on any atom is 0.125 e. The molecule has 0 amide bonds. The summed E-state index contributed by atoms with van der Waals surface area (Å²) in [6.45, 7) is 1.94. The minimum absolute atomic E-state index is 0.741. The van der Waals surface area contributed by atoms with Crippen molar-refractivity contribution in [2.45, 2.75) is 19.3 Å². The van der Waals surface area contributed by atoms with Gasteiger partial charge in [0.15, 0.2) is 0 Å². The molecule has 2 aliphatic rings. The van der Waals surface area contributed by atoms with E-state index in [0.29, 0.717) is 0 Å². The highest BCUT2D eigenvalue weighted by Crippen LogP contribution is 2.51. The lowest BCUT2D eigenvalue weighted by atomic mass is 10.0. The van der Waals surface area contributed by atoms with Crippen LogP contribution in [0.1, 0.15) is 29.4 Å². The van der Waals surface area contributed by atoms with Crippen molar-refractivity contribution in [1.82, 2.24) is 9.97 Å². The number of aryl methyl sites for hydroxylation is 1. The van der Waals surface area contributed by atoms with Crippen LogP contribution in [0.2, 0.25) is 0 Å². The molecule has 1 saturated carbocycles. The Morgan fingerprint density at radius 2 is 2.42 bits per heavy atom. The van der Waals surface area contributed by atoms with E-state index >= 15 is 0 Å². The molecule has 0 N–H and O–H groups in total. The van der Waals surface area contributed by atoms with Gasteiger partial charge in [0.05, 0.1) is 5.69 Å². The van der Waals surface area contributed by atoms with Gasteiger partial charge in [0.25, 0.3) is 0 Å². The predicted molar refractivity (Wildman–Crippen MR) is 46.7 cm³/mol. The molecular formula is C10H10N2. The van der Waals surface area contributed by atoms with Gasteiger partial charge in [-0.15, -0.1) is 0 Å². The van der Waals surface area contributed by atoms with Gasteiger partial charge in [-0.2, -0.15) is 0 Å². The molecule has 0 saturated heterocycles. The number of fused-ring (bicyclic) bond motifs is 3. The fourth-order valence-electron chi connectivity index (χ4n) is 1.92. The minimum Gasteiger partial charge on any atom is -0.241 e. The predicted octanol–water partition coefficient (Wildman–Crippen LogP) is 1.92. The summed E-state index contributed by atoms with van der Waals surface area (Å²) in [6.07, 6.45) is 7.71. The van der Waals surface area contributed by atoms with Crippen molar-refractivity contribution in [1.29, 1.82) is 0 Å². The summed E-state index contributed by atoms with van der Waals surface area (Å²) < 4.78 is 0. The number of hydrogen-bond acceptors (Lipinski definition) is 2. The Morgan fingerprint density at radius 3 is 3.33 bits per heavy atom. The minimum atomic E-state index is 0.741. The Morgan fingerprint density at radius 1 is 1.50 bits per heavy atom. The molecule has 2 atom stereocenters. The summed E-state index contributed by atoms with van der Waals surface area (Å²) in [5, 5.41) is 0. The van der Waals surface area contributed by atoms with Crippen molar-refractivity contribution in [2.24, 2.45) is 5.92 Å². The third kappa shape index (κ3) is 0.750. The summed E-state index contributed by atoms with van der Waals surface area (Å²) in [5.41, 5.74) is 2.49. The van der Waals surface area contributed by atoms with Crippen LogP contribution in [-0.2, 0) is 0 Å². The van der Waals surface area contributed by atoms with Gasteiger partial charge < -0.3 is 0 Å². The second-order valence-electron chi connectivity index (χ2n) is 3.62. The maximum absolute atomic E-state index is 4.39. The zero-order chi connectivity index (χ0) is 8.13. The van der Waals surface area contributed by atoms with Crippen LogP contribution < -0.4 is 0 Å². The SMILES string of the molecule is Cc1ncc2c(n1)C=CC1CC21. The van der Waals surface area contributed by atoms with Crippen LogP contribution >= 0.6 is 0 Å². The largest absolute Gasteiger partial charge is 0.241 e. The van der Waals surface area contributed by atoms with Crippen LogP contribution in [-0.4, -0.2) is 9.97 Å². The number of allylic oxidation sites excluding steroid dienone is 1. The highest BCUT2D eigenvalue weighted by Gasteiger charge is 2.40. The molecule has 1 heterocycles. The van der Waals surface area contributed by atoms with E-state index in [4.69, 9.17) is 0 Å². The van der Waals surface area contributed by atoms with Crippen molar-refractivity contribution in [2.75, 3.05) is 0 Å². The molecule has 0 radical (unpaired) electrons. The van der Waals surface area contributed by atoms with Gasteiger partial charge in [-0.05, 0) is 36.8 Å². The number of rotatable bonds is 0. The van der Waals surface area contributed by atoms with Gasteiger partial charge in [0, 0.05) is 6.20 Å². The molecule has 1 fully saturated rings. The molecule has 2 heteroatoms. The van der Waals surface area contributed by atoms with Gasteiger partial charge >= 0.3 is 0 Å². The third-order valence-corrected chi connectivity index (χ3v) is 2.71. The summed E-state index contributed by atoms with van der Waals surface area (Å²) >= 11 is 0. The van der Waals surface area contributed by atoms with E-state index in [2.05, 4.69) is 22.1 Å². The average Bonchev–Trinajstić information content (AvgIpc) is 2.82. The molecule has 2 unspecified atom stereocenters. The molecule has 12 heavy (non-hydrogen) atoms. The smallest absolute Gasteiger partial charge is 0.125 e. The van der Waals surface area contributed by atoms with Crippen LogP contribution in [0.5, 0.6) is 0 Å². The molecule has 0 spiro atoms. The highest BCUT2D eigenvalue weighted by atomic mass is 14.9. The number of nitrogens with zero attached hydrogens (tertiary/aromatic N) is 2. The third-order valence-electron chi connectivity index (χ3n) is 2.71. The van der Waals surface area contributed by atoms with Gasteiger partial charge in [-0.3, -0.25) is 0 Å². The summed E-state index contributed by atoms with van der Waals surface area (Å²) in [7, 11) is 0. The second kappa shape index (κ2) is 1.94. The number of hydrogen-bond donors (Lipinski definition) is 0. The van der Waals surface area contributed by atoms with Crippen molar-refractivity contribution in [3.05, 3.63) is 29.4 Å². The van der Waals surface area contributed by atoms with Gasteiger partial charge in [-0.25, -0.2) is 9.97 Å². The van der Waals surface area contributed by atoms with Crippen LogP contribution in [0.3, 0.4) is 0 Å². The molecule has 60 valence electrons. The average molecular weight is 158 g/mol. The van der Waals surface area contributed by atoms with Crippen LogP contribution in [0.25, 0.3) is 6.08 Å². The molecule has 1 aromatic rings. The maximum atomic E-state index is 4.39. The second-order valence-corrected chi connectivity index (χ2v) is 3.62. The first-order valence-corrected chi connectivity index (χ1v) is 4.36. The lowest BCUT2D eigenvalue weighted by Gasteiger charge is -2.07. The molecule has 0 aliphatic heterocycles. The van der Waals surface area contributed by atoms with E-state index in [9.17, 15) is 0 Å². The standard InChI is InChI=1S/C10H10N2/c1-6-11-5-9-8-4-7(8)2-3-10(9)12-6/h2-3,5,7-8H,4H2,1H3. The zero-order valence-corrected chi connectivity index (χ0v) is 6.99.